The van der Waals surface area contributed by atoms with E-state index in [1.54, 1.807) is 0 Å². The van der Waals surface area contributed by atoms with E-state index in [2.05, 4.69) is 86.8 Å². The first-order chi connectivity index (χ1) is 25.6. The minimum Gasteiger partial charge on any atom is -0.462 e. The molecular weight excluding hydrogens is 645 g/mol. The molecule has 0 saturated carbocycles. The molecule has 52 heavy (non-hydrogen) atoms. The van der Waals surface area contributed by atoms with Crippen LogP contribution >= 0.6 is 0 Å². The third-order valence-corrected chi connectivity index (χ3v) is 8.97. The smallest absolute Gasteiger partial charge is 0.306 e. The van der Waals surface area contributed by atoms with Gasteiger partial charge >= 0.3 is 11.9 Å². The zero-order chi connectivity index (χ0) is 37.8. The quantitative estimate of drug-likeness (QED) is 0.0390. The highest BCUT2D eigenvalue weighted by atomic mass is 16.6. The summed E-state index contributed by atoms with van der Waals surface area (Å²) >= 11 is 0. The first-order valence-electron chi connectivity index (χ1n) is 21.5. The minimum absolute atomic E-state index is 0.0872. The highest BCUT2D eigenvalue weighted by molar-refractivity contribution is 5.70. The number of rotatable bonds is 38. The number of esters is 2. The van der Waals surface area contributed by atoms with Gasteiger partial charge in [-0.05, 0) is 89.9 Å². The van der Waals surface area contributed by atoms with Crippen molar-refractivity contribution in [3.8, 4) is 0 Å². The fourth-order valence-electron chi connectivity index (χ4n) is 5.68. The zero-order valence-corrected chi connectivity index (χ0v) is 33.8. The van der Waals surface area contributed by atoms with Crippen molar-refractivity contribution in [2.75, 3.05) is 13.2 Å². The molecule has 0 aromatic rings. The number of carbonyl (C=O) groups is 2. The number of aliphatic hydroxyl groups is 1. The summed E-state index contributed by atoms with van der Waals surface area (Å²) in [6.45, 7) is 4.05. The Hall–Kier alpha value is -2.66. The Bertz CT molecular complexity index is 957. The summed E-state index contributed by atoms with van der Waals surface area (Å²) in [4.78, 5) is 24.3. The first-order valence-corrected chi connectivity index (χ1v) is 21.5. The van der Waals surface area contributed by atoms with E-state index in [1.807, 2.05) is 0 Å². The Morgan fingerprint density at radius 1 is 0.442 bits per heavy atom. The third kappa shape index (κ3) is 40.1. The van der Waals surface area contributed by atoms with E-state index in [0.717, 1.165) is 70.6 Å². The molecule has 0 spiro atoms. The van der Waals surface area contributed by atoms with Gasteiger partial charge in [0.1, 0.15) is 6.61 Å². The van der Waals surface area contributed by atoms with E-state index < -0.39 is 6.10 Å². The maximum atomic E-state index is 12.2. The summed E-state index contributed by atoms with van der Waals surface area (Å²) in [5, 5.41) is 9.58. The number of carbonyl (C=O) groups excluding carboxylic acids is 2. The third-order valence-electron chi connectivity index (χ3n) is 8.97. The van der Waals surface area contributed by atoms with Crippen LogP contribution in [-0.4, -0.2) is 36.4 Å². The van der Waals surface area contributed by atoms with Crippen molar-refractivity contribution in [2.24, 2.45) is 0 Å². The highest BCUT2D eigenvalue weighted by Crippen LogP contribution is 2.13. The molecule has 0 radical (unpaired) electrons. The SMILES string of the molecule is CCCCCC=CCC=CCC=CCC=CCCCCCC(=O)OCC(CO)OC(=O)CCCCCCCCCCCC=CCC=CCCCCC. The summed E-state index contributed by atoms with van der Waals surface area (Å²) < 4.78 is 10.6. The number of unbranched alkanes of at least 4 members (excludes halogenated alkanes) is 18. The molecule has 298 valence electrons. The van der Waals surface area contributed by atoms with Crippen LogP contribution in [0.15, 0.2) is 72.9 Å². The van der Waals surface area contributed by atoms with Gasteiger partial charge in [0.15, 0.2) is 6.10 Å². The van der Waals surface area contributed by atoms with Gasteiger partial charge in [-0.1, -0.05) is 164 Å². The van der Waals surface area contributed by atoms with Crippen molar-refractivity contribution >= 4 is 11.9 Å². The lowest BCUT2D eigenvalue weighted by atomic mass is 10.1. The molecule has 0 fully saturated rings. The van der Waals surface area contributed by atoms with Gasteiger partial charge in [-0.2, -0.15) is 0 Å². The molecule has 0 saturated heterocycles. The highest BCUT2D eigenvalue weighted by Gasteiger charge is 2.16. The Balaban J connectivity index is 3.63. The normalized spacial score (nSPS) is 12.9. The van der Waals surface area contributed by atoms with E-state index in [0.29, 0.717) is 12.8 Å². The summed E-state index contributed by atoms with van der Waals surface area (Å²) in [5.74, 6) is -0.635. The van der Waals surface area contributed by atoms with Crippen LogP contribution < -0.4 is 0 Å². The molecule has 0 amide bonds. The number of aliphatic hydroxyl groups excluding tert-OH is 1. The Morgan fingerprint density at radius 2 is 0.769 bits per heavy atom. The van der Waals surface area contributed by atoms with E-state index in [4.69, 9.17) is 9.47 Å². The van der Waals surface area contributed by atoms with Gasteiger partial charge in [0, 0.05) is 12.8 Å². The minimum atomic E-state index is -0.790. The molecule has 1 unspecified atom stereocenters. The van der Waals surface area contributed by atoms with Crippen LogP contribution in [0.4, 0.5) is 0 Å². The predicted molar refractivity (Wildman–Crippen MR) is 223 cm³/mol. The fraction of sp³-hybridized carbons (Fsp3) is 0.702. The Kier molecular flexibility index (Phi) is 40.6. The standard InChI is InChI=1S/C47H80O5/c1-3-5-7-9-11-13-15-17-19-21-23-25-27-29-31-33-35-37-39-41-46(49)51-44-45(43-48)52-47(50)42-40-38-36-34-32-30-28-26-24-22-20-18-16-14-12-10-8-6-4-2/h11-14,17-20,23,25,29,31,45,48H,3-10,15-16,21-22,24,26-28,30,32-44H2,1-2H3. The second-order valence-corrected chi connectivity index (χ2v) is 14.1. The van der Waals surface area contributed by atoms with Gasteiger partial charge < -0.3 is 14.6 Å². The van der Waals surface area contributed by atoms with Crippen molar-refractivity contribution in [3.63, 3.8) is 0 Å². The number of hydrogen-bond donors (Lipinski definition) is 1. The van der Waals surface area contributed by atoms with Crippen LogP contribution in [0.1, 0.15) is 194 Å². The van der Waals surface area contributed by atoms with Gasteiger partial charge in [-0.25, -0.2) is 0 Å². The molecule has 5 nitrogen and oxygen atoms in total. The van der Waals surface area contributed by atoms with E-state index in [9.17, 15) is 14.7 Å². The molecular formula is C47H80O5. The molecule has 0 heterocycles. The average Bonchev–Trinajstić information content (AvgIpc) is 3.15. The molecule has 0 aliphatic rings. The zero-order valence-electron chi connectivity index (χ0n) is 33.8. The van der Waals surface area contributed by atoms with Gasteiger partial charge in [-0.3, -0.25) is 9.59 Å². The average molecular weight is 725 g/mol. The van der Waals surface area contributed by atoms with E-state index >= 15 is 0 Å². The summed E-state index contributed by atoms with van der Waals surface area (Å²) in [6.07, 6.45) is 56.8. The molecule has 1 atom stereocenters. The van der Waals surface area contributed by atoms with Crippen molar-refractivity contribution in [2.45, 2.75) is 200 Å². The van der Waals surface area contributed by atoms with Gasteiger partial charge in [-0.15, -0.1) is 0 Å². The first kappa shape index (κ1) is 49.3. The van der Waals surface area contributed by atoms with Gasteiger partial charge in [0.05, 0.1) is 6.61 Å². The molecule has 0 rings (SSSR count). The molecule has 0 aliphatic heterocycles. The second-order valence-electron chi connectivity index (χ2n) is 14.1. The summed E-state index contributed by atoms with van der Waals surface area (Å²) in [7, 11) is 0. The van der Waals surface area contributed by atoms with Crippen LogP contribution in [0.2, 0.25) is 0 Å². The van der Waals surface area contributed by atoms with Crippen LogP contribution in [0, 0.1) is 0 Å². The van der Waals surface area contributed by atoms with Crippen LogP contribution in [0.25, 0.3) is 0 Å². The summed E-state index contributed by atoms with van der Waals surface area (Å²) in [5.41, 5.74) is 0. The molecule has 0 aromatic carbocycles. The Labute approximate surface area is 321 Å². The molecule has 1 N–H and O–H groups in total. The lowest BCUT2D eigenvalue weighted by Gasteiger charge is -2.15. The topological polar surface area (TPSA) is 72.8 Å². The van der Waals surface area contributed by atoms with Gasteiger partial charge in [0.2, 0.25) is 0 Å². The van der Waals surface area contributed by atoms with Crippen molar-refractivity contribution in [3.05, 3.63) is 72.9 Å². The van der Waals surface area contributed by atoms with Crippen molar-refractivity contribution in [1.29, 1.82) is 0 Å². The maximum Gasteiger partial charge on any atom is 0.306 e. The lowest BCUT2D eigenvalue weighted by molar-refractivity contribution is -0.161. The predicted octanol–water partition coefficient (Wildman–Crippen LogP) is 13.7. The fourth-order valence-corrected chi connectivity index (χ4v) is 5.68. The number of hydrogen-bond acceptors (Lipinski definition) is 5. The van der Waals surface area contributed by atoms with Crippen LogP contribution in [0.5, 0.6) is 0 Å². The molecule has 0 aromatic heterocycles. The largest absolute Gasteiger partial charge is 0.462 e. The molecule has 0 bridgehead atoms. The van der Waals surface area contributed by atoms with Crippen molar-refractivity contribution in [1.82, 2.24) is 0 Å². The number of ether oxygens (including phenoxy) is 2. The van der Waals surface area contributed by atoms with E-state index in [1.165, 1.54) is 96.3 Å². The Morgan fingerprint density at radius 3 is 1.17 bits per heavy atom. The second kappa shape index (κ2) is 42.8. The number of allylic oxidation sites excluding steroid dienone is 12. The monoisotopic (exact) mass is 725 g/mol. The lowest BCUT2D eigenvalue weighted by Crippen LogP contribution is -2.28. The maximum absolute atomic E-state index is 12.2. The molecule has 0 aliphatic carbocycles. The van der Waals surface area contributed by atoms with Crippen molar-refractivity contribution < 1.29 is 24.2 Å². The van der Waals surface area contributed by atoms with Gasteiger partial charge in [0.25, 0.3) is 0 Å². The van der Waals surface area contributed by atoms with Crippen LogP contribution in [-0.2, 0) is 19.1 Å². The van der Waals surface area contributed by atoms with Crippen LogP contribution in [0.3, 0.4) is 0 Å². The molecule has 5 heteroatoms. The summed E-state index contributed by atoms with van der Waals surface area (Å²) in [6, 6.07) is 0. The van der Waals surface area contributed by atoms with E-state index in [-0.39, 0.29) is 25.2 Å².